The van der Waals surface area contributed by atoms with Gasteiger partial charge < -0.3 is 0 Å². The third-order valence-corrected chi connectivity index (χ3v) is 4.00. The summed E-state index contributed by atoms with van der Waals surface area (Å²) < 4.78 is 45.4. The van der Waals surface area contributed by atoms with Gasteiger partial charge in [-0.25, -0.2) is 26.8 Å². The second-order valence-corrected chi connectivity index (χ2v) is 7.84. The Labute approximate surface area is 113 Å². The van der Waals surface area contributed by atoms with Crippen LogP contribution in [-0.2, 0) is 19.7 Å². The van der Waals surface area contributed by atoms with E-state index < -0.39 is 45.8 Å². The fourth-order valence-electron chi connectivity index (χ4n) is 0.995. The molecule has 1 heterocycles. The zero-order valence-corrected chi connectivity index (χ0v) is 12.2. The van der Waals surface area contributed by atoms with Crippen molar-refractivity contribution in [3.63, 3.8) is 0 Å². The summed E-state index contributed by atoms with van der Waals surface area (Å²) in [5.41, 5.74) is -0.645. The fourth-order valence-corrected chi connectivity index (χ4v) is 3.02. The van der Waals surface area contributed by atoms with Gasteiger partial charge in [0.15, 0.2) is 14.9 Å². The second kappa shape index (κ2) is 4.72. The monoisotopic (exact) mass is 332 g/mol. The molecule has 100 valence electrons. The molecular formula is C7H6Cl2N2O5S2. The highest BCUT2D eigenvalue weighted by molar-refractivity contribution is 7.91. The van der Waals surface area contributed by atoms with Gasteiger partial charge in [-0.3, -0.25) is 4.79 Å². The molecule has 11 heteroatoms. The van der Waals surface area contributed by atoms with Crippen LogP contribution in [0, 0.1) is 0 Å². The molecule has 0 fully saturated rings. The van der Waals surface area contributed by atoms with E-state index >= 15 is 0 Å². The summed E-state index contributed by atoms with van der Waals surface area (Å²) in [6.07, 6.45) is 1.51. The molecule has 0 aliphatic carbocycles. The molecule has 0 spiro atoms. The van der Waals surface area contributed by atoms with Gasteiger partial charge in [-0.1, -0.05) is 11.6 Å². The van der Waals surface area contributed by atoms with Crippen LogP contribution < -0.4 is 0 Å². The van der Waals surface area contributed by atoms with Crippen LogP contribution in [0.3, 0.4) is 0 Å². The predicted molar refractivity (Wildman–Crippen MR) is 63.4 cm³/mol. The first-order chi connectivity index (χ1) is 7.94. The fraction of sp³-hybridized carbons (Fsp3) is 0.286. The minimum absolute atomic E-state index is 0.633. The Morgan fingerprint density at radius 3 is 1.89 bits per heavy atom. The number of halogens is 2. The van der Waals surface area contributed by atoms with Crippen LogP contribution in [0.25, 0.3) is 0 Å². The van der Waals surface area contributed by atoms with E-state index in [0.717, 1.165) is 12.5 Å². The molecule has 0 saturated carbocycles. The van der Waals surface area contributed by atoms with Crippen LogP contribution in [0.2, 0.25) is 5.15 Å². The molecule has 0 radical (unpaired) electrons. The quantitative estimate of drug-likeness (QED) is 0.445. The lowest BCUT2D eigenvalue weighted by molar-refractivity contribution is 0.107. The molecule has 1 rings (SSSR count). The Balaban J connectivity index is 3.86. The van der Waals surface area contributed by atoms with Crippen molar-refractivity contribution < 1.29 is 21.6 Å². The Morgan fingerprint density at radius 1 is 1.06 bits per heavy atom. The molecule has 0 N–H and O–H groups in total. The normalized spacial score (nSPS) is 12.4. The van der Waals surface area contributed by atoms with Crippen molar-refractivity contribution in [1.82, 2.24) is 9.97 Å². The lowest BCUT2D eigenvalue weighted by Crippen LogP contribution is -2.14. The molecule has 0 aromatic carbocycles. The Bertz CT molecular complexity index is 726. The molecule has 7 nitrogen and oxygen atoms in total. The van der Waals surface area contributed by atoms with Gasteiger partial charge in [0.2, 0.25) is 15.0 Å². The number of hydrogen-bond donors (Lipinski definition) is 0. The van der Waals surface area contributed by atoms with E-state index in [4.69, 9.17) is 23.2 Å². The molecule has 0 atom stereocenters. The van der Waals surface area contributed by atoms with E-state index in [1.54, 1.807) is 0 Å². The average Bonchev–Trinajstić information content (AvgIpc) is 2.12. The molecule has 0 aliphatic heterocycles. The van der Waals surface area contributed by atoms with Crippen LogP contribution >= 0.6 is 23.2 Å². The molecule has 0 bridgehead atoms. The minimum Gasteiger partial charge on any atom is -0.275 e. The predicted octanol–water partition coefficient (Wildman–Crippen LogP) is 0.316. The highest BCUT2D eigenvalue weighted by Gasteiger charge is 2.27. The molecular weight excluding hydrogens is 327 g/mol. The molecule has 0 saturated heterocycles. The number of aromatic nitrogens is 2. The summed E-state index contributed by atoms with van der Waals surface area (Å²) in [6, 6.07) is 0. The summed E-state index contributed by atoms with van der Waals surface area (Å²) in [5.74, 6) is 0. The summed E-state index contributed by atoms with van der Waals surface area (Å²) in [6.45, 7) is 0. The number of hydrogen-bond acceptors (Lipinski definition) is 7. The standard InChI is InChI=1S/C7H6Cl2N2O5S2/c1-17(13,14)6-3(5(9)12)4(8)10-7(11-6)18(2,15)16/h1-2H3. The largest absolute Gasteiger partial charge is 0.275 e. The van der Waals surface area contributed by atoms with Crippen molar-refractivity contribution in [1.29, 1.82) is 0 Å². The number of nitrogens with zero attached hydrogens (tertiary/aromatic N) is 2. The Morgan fingerprint density at radius 2 is 1.56 bits per heavy atom. The highest BCUT2D eigenvalue weighted by atomic mass is 35.5. The van der Waals surface area contributed by atoms with Gasteiger partial charge in [0.05, 0.1) is 0 Å². The molecule has 1 aromatic heterocycles. The van der Waals surface area contributed by atoms with E-state index in [1.165, 1.54) is 0 Å². The lowest BCUT2D eigenvalue weighted by Gasteiger charge is -2.06. The first-order valence-electron chi connectivity index (χ1n) is 4.12. The van der Waals surface area contributed by atoms with Gasteiger partial charge in [0.25, 0.3) is 5.24 Å². The van der Waals surface area contributed by atoms with E-state index in [2.05, 4.69) is 9.97 Å². The summed E-state index contributed by atoms with van der Waals surface area (Å²) in [5, 5.41) is -3.44. The zero-order valence-electron chi connectivity index (χ0n) is 9.01. The summed E-state index contributed by atoms with van der Waals surface area (Å²) in [7, 11) is -7.87. The van der Waals surface area contributed by atoms with Crippen molar-refractivity contribution in [3.05, 3.63) is 10.7 Å². The van der Waals surface area contributed by atoms with E-state index in [9.17, 15) is 21.6 Å². The van der Waals surface area contributed by atoms with Crippen molar-refractivity contribution in [2.75, 3.05) is 12.5 Å². The molecule has 1 aromatic rings. The third-order valence-electron chi connectivity index (χ3n) is 1.69. The third kappa shape index (κ3) is 3.16. The van der Waals surface area contributed by atoms with Gasteiger partial charge in [-0.15, -0.1) is 0 Å². The number of rotatable bonds is 3. The van der Waals surface area contributed by atoms with Gasteiger partial charge in [0.1, 0.15) is 10.7 Å². The molecule has 18 heavy (non-hydrogen) atoms. The van der Waals surface area contributed by atoms with E-state index in [0.29, 0.717) is 0 Å². The Hall–Kier alpha value is -0.770. The maximum absolute atomic E-state index is 11.4. The maximum Gasteiger partial charge on any atom is 0.258 e. The Kier molecular flexibility index (Phi) is 4.01. The van der Waals surface area contributed by atoms with Gasteiger partial charge in [0, 0.05) is 12.5 Å². The van der Waals surface area contributed by atoms with Crippen molar-refractivity contribution >= 4 is 48.1 Å². The van der Waals surface area contributed by atoms with Gasteiger partial charge in [-0.05, 0) is 11.6 Å². The molecule has 0 amide bonds. The highest BCUT2D eigenvalue weighted by Crippen LogP contribution is 2.24. The van der Waals surface area contributed by atoms with Gasteiger partial charge in [-0.2, -0.15) is 0 Å². The summed E-state index contributed by atoms with van der Waals surface area (Å²) in [4.78, 5) is 17.7. The van der Waals surface area contributed by atoms with Gasteiger partial charge >= 0.3 is 0 Å². The van der Waals surface area contributed by atoms with Crippen LogP contribution in [-0.4, -0.2) is 44.6 Å². The van der Waals surface area contributed by atoms with Crippen LogP contribution in [0.1, 0.15) is 10.4 Å². The number of carbonyl (C=O) groups excluding carboxylic acids is 1. The average molecular weight is 333 g/mol. The maximum atomic E-state index is 11.4. The van der Waals surface area contributed by atoms with E-state index in [-0.39, 0.29) is 0 Å². The SMILES string of the molecule is CS(=O)(=O)c1nc(Cl)c(C(=O)Cl)c(S(C)(=O)=O)n1. The second-order valence-electron chi connectivity index (χ2n) is 3.30. The van der Waals surface area contributed by atoms with Crippen LogP contribution in [0.15, 0.2) is 10.2 Å². The first kappa shape index (κ1) is 15.3. The first-order valence-corrected chi connectivity index (χ1v) is 8.66. The van der Waals surface area contributed by atoms with Crippen LogP contribution in [0.5, 0.6) is 0 Å². The summed E-state index contributed by atoms with van der Waals surface area (Å²) >= 11 is 10.7. The molecule has 0 aliphatic rings. The van der Waals surface area contributed by atoms with E-state index in [1.807, 2.05) is 0 Å². The smallest absolute Gasteiger partial charge is 0.258 e. The van der Waals surface area contributed by atoms with Crippen LogP contribution in [0.4, 0.5) is 0 Å². The van der Waals surface area contributed by atoms with Crippen molar-refractivity contribution in [3.8, 4) is 0 Å². The minimum atomic E-state index is -3.99. The molecule has 0 unspecified atom stereocenters. The topological polar surface area (TPSA) is 111 Å². The van der Waals surface area contributed by atoms with Crippen molar-refractivity contribution in [2.24, 2.45) is 0 Å². The van der Waals surface area contributed by atoms with Crippen molar-refractivity contribution in [2.45, 2.75) is 10.2 Å². The zero-order chi connectivity index (χ0) is 14.3. The lowest BCUT2D eigenvalue weighted by atomic mass is 10.4. The number of carbonyl (C=O) groups is 1. The number of sulfone groups is 2.